The second-order valence-corrected chi connectivity index (χ2v) is 6.17. The molecule has 1 aliphatic rings. The summed E-state index contributed by atoms with van der Waals surface area (Å²) in [6.45, 7) is 1.37. The van der Waals surface area contributed by atoms with Crippen LogP contribution in [0.4, 0.5) is 4.79 Å². The van der Waals surface area contributed by atoms with Crippen molar-refractivity contribution in [3.05, 3.63) is 47.2 Å². The van der Waals surface area contributed by atoms with Crippen LogP contribution in [0.2, 0.25) is 0 Å². The van der Waals surface area contributed by atoms with Crippen molar-refractivity contribution in [3.8, 4) is 11.8 Å². The van der Waals surface area contributed by atoms with Crippen LogP contribution in [-0.2, 0) is 9.53 Å². The average molecular weight is 386 g/mol. The van der Waals surface area contributed by atoms with E-state index in [0.29, 0.717) is 11.8 Å². The molecule has 148 valence electrons. The second kappa shape index (κ2) is 9.80. The number of urea groups is 1. The molecule has 0 spiro atoms. The van der Waals surface area contributed by atoms with Gasteiger partial charge in [-0.25, -0.2) is 4.79 Å². The Hall–Kier alpha value is -2.99. The number of aldehydes is 1. The van der Waals surface area contributed by atoms with Gasteiger partial charge in [0.2, 0.25) is 5.78 Å². The SMILES string of the molecule is CNC(=O)N(/C=C(/C#CC(=O)c1ccccc1C)C=O)[C@H]1C[C@H](O)[C@@H](CO)O1. The van der Waals surface area contributed by atoms with E-state index in [4.69, 9.17) is 4.74 Å². The van der Waals surface area contributed by atoms with Crippen LogP contribution in [0.1, 0.15) is 22.3 Å². The lowest BCUT2D eigenvalue weighted by Crippen LogP contribution is -2.42. The van der Waals surface area contributed by atoms with Crippen molar-refractivity contribution in [1.82, 2.24) is 10.2 Å². The summed E-state index contributed by atoms with van der Waals surface area (Å²) in [7, 11) is 1.39. The molecule has 3 atom stereocenters. The van der Waals surface area contributed by atoms with Crippen LogP contribution in [0.5, 0.6) is 0 Å². The van der Waals surface area contributed by atoms with Crippen molar-refractivity contribution in [3.63, 3.8) is 0 Å². The third-order valence-electron chi connectivity index (χ3n) is 4.26. The third-order valence-corrected chi connectivity index (χ3v) is 4.26. The molecule has 0 aromatic heterocycles. The molecule has 1 aromatic rings. The summed E-state index contributed by atoms with van der Waals surface area (Å²) in [4.78, 5) is 36.9. The van der Waals surface area contributed by atoms with E-state index < -0.39 is 36.9 Å². The number of aryl methyl sites for hydroxylation is 1. The number of hydrogen-bond acceptors (Lipinski definition) is 6. The quantitative estimate of drug-likeness (QED) is 0.221. The van der Waals surface area contributed by atoms with E-state index >= 15 is 0 Å². The van der Waals surface area contributed by atoms with Crippen LogP contribution in [0, 0.1) is 18.8 Å². The number of nitrogens with zero attached hydrogens (tertiary/aromatic N) is 1. The van der Waals surface area contributed by atoms with E-state index in [1.165, 1.54) is 7.05 Å². The minimum atomic E-state index is -0.955. The van der Waals surface area contributed by atoms with Crippen LogP contribution in [0.15, 0.2) is 36.0 Å². The van der Waals surface area contributed by atoms with Gasteiger partial charge >= 0.3 is 6.03 Å². The molecule has 0 aliphatic carbocycles. The molecule has 8 heteroatoms. The largest absolute Gasteiger partial charge is 0.394 e. The Balaban J connectivity index is 2.27. The molecule has 28 heavy (non-hydrogen) atoms. The molecule has 0 saturated carbocycles. The van der Waals surface area contributed by atoms with Crippen molar-refractivity contribution < 1.29 is 29.3 Å². The monoisotopic (exact) mass is 386 g/mol. The molecule has 0 radical (unpaired) electrons. The Labute approximate surface area is 162 Å². The molecule has 1 fully saturated rings. The molecule has 2 rings (SSSR count). The number of carbonyl (C=O) groups is 3. The van der Waals surface area contributed by atoms with Gasteiger partial charge in [0, 0.05) is 25.2 Å². The lowest BCUT2D eigenvalue weighted by Gasteiger charge is -2.24. The van der Waals surface area contributed by atoms with Crippen molar-refractivity contribution in [2.45, 2.75) is 31.8 Å². The summed E-state index contributed by atoms with van der Waals surface area (Å²) in [5, 5.41) is 21.5. The molecule has 2 amide bonds. The Morgan fingerprint density at radius 2 is 2.07 bits per heavy atom. The fraction of sp³-hybridized carbons (Fsp3) is 0.350. The number of nitrogens with one attached hydrogen (secondary N) is 1. The van der Waals surface area contributed by atoms with Crippen LogP contribution >= 0.6 is 0 Å². The van der Waals surface area contributed by atoms with Gasteiger partial charge in [0.25, 0.3) is 0 Å². The van der Waals surface area contributed by atoms with Crippen molar-refractivity contribution in [1.29, 1.82) is 0 Å². The van der Waals surface area contributed by atoms with E-state index in [1.54, 1.807) is 31.2 Å². The smallest absolute Gasteiger partial charge is 0.323 e. The van der Waals surface area contributed by atoms with Crippen molar-refractivity contribution in [2.75, 3.05) is 13.7 Å². The first-order valence-electron chi connectivity index (χ1n) is 8.64. The first-order valence-corrected chi connectivity index (χ1v) is 8.64. The number of amides is 2. The summed E-state index contributed by atoms with van der Waals surface area (Å²) in [6.07, 6.45) is -1.06. The molecular weight excluding hydrogens is 364 g/mol. The lowest BCUT2D eigenvalue weighted by atomic mass is 10.1. The average Bonchev–Trinajstić information content (AvgIpc) is 3.08. The lowest BCUT2D eigenvalue weighted by molar-refractivity contribution is -0.104. The number of aliphatic hydroxyl groups is 2. The number of ketones is 1. The molecule has 3 N–H and O–H groups in total. The minimum absolute atomic E-state index is 0.0524. The highest BCUT2D eigenvalue weighted by Crippen LogP contribution is 2.24. The van der Waals surface area contributed by atoms with Gasteiger partial charge in [-0.1, -0.05) is 30.2 Å². The number of ether oxygens (including phenoxy) is 1. The highest BCUT2D eigenvalue weighted by atomic mass is 16.5. The van der Waals surface area contributed by atoms with E-state index in [-0.39, 0.29) is 12.0 Å². The normalized spacial score (nSPS) is 21.4. The van der Waals surface area contributed by atoms with Crippen LogP contribution < -0.4 is 5.32 Å². The molecule has 1 saturated heterocycles. The van der Waals surface area contributed by atoms with E-state index in [2.05, 4.69) is 17.2 Å². The topological polar surface area (TPSA) is 116 Å². The maximum absolute atomic E-state index is 12.2. The van der Waals surface area contributed by atoms with Gasteiger partial charge in [0.15, 0.2) is 6.29 Å². The number of Topliss-reactive ketones (excluding diaryl/α,β-unsaturated/α-hetero) is 1. The Kier molecular flexibility index (Phi) is 7.46. The van der Waals surface area contributed by atoms with Crippen LogP contribution in [0.3, 0.4) is 0 Å². The third kappa shape index (κ3) is 5.04. The van der Waals surface area contributed by atoms with Gasteiger partial charge in [-0.3, -0.25) is 14.5 Å². The number of rotatable bonds is 5. The van der Waals surface area contributed by atoms with E-state index in [9.17, 15) is 24.6 Å². The predicted molar refractivity (Wildman–Crippen MR) is 100 cm³/mol. The molecule has 1 heterocycles. The summed E-state index contributed by atoms with van der Waals surface area (Å²) in [5.41, 5.74) is 1.07. The highest BCUT2D eigenvalue weighted by molar-refractivity contribution is 6.10. The minimum Gasteiger partial charge on any atom is -0.394 e. The zero-order chi connectivity index (χ0) is 20.7. The maximum atomic E-state index is 12.2. The molecular formula is C20H22N2O6. The predicted octanol–water partition coefficient (Wildman–Crippen LogP) is 0.374. The van der Waals surface area contributed by atoms with Gasteiger partial charge in [-0.15, -0.1) is 0 Å². The van der Waals surface area contributed by atoms with Gasteiger partial charge in [-0.05, 0) is 18.4 Å². The fourth-order valence-corrected chi connectivity index (χ4v) is 2.72. The molecule has 1 aliphatic heterocycles. The summed E-state index contributed by atoms with van der Waals surface area (Å²) in [5.74, 6) is 4.41. The van der Waals surface area contributed by atoms with E-state index in [1.807, 2.05) is 0 Å². The van der Waals surface area contributed by atoms with Gasteiger partial charge in [0.05, 0.1) is 18.3 Å². The zero-order valence-corrected chi connectivity index (χ0v) is 15.6. The first kappa shape index (κ1) is 21.3. The van der Waals surface area contributed by atoms with Gasteiger partial charge < -0.3 is 20.3 Å². The number of allylic oxidation sites excluding steroid dienone is 1. The number of carbonyl (C=O) groups excluding carboxylic acids is 3. The Morgan fingerprint density at radius 1 is 1.36 bits per heavy atom. The van der Waals surface area contributed by atoms with Crippen molar-refractivity contribution in [2.24, 2.45) is 0 Å². The first-order chi connectivity index (χ1) is 13.4. The maximum Gasteiger partial charge on any atom is 0.323 e. The van der Waals surface area contributed by atoms with Crippen LogP contribution in [-0.4, -0.2) is 65.3 Å². The molecule has 8 nitrogen and oxygen atoms in total. The number of aliphatic hydroxyl groups excluding tert-OH is 2. The molecule has 0 bridgehead atoms. The summed E-state index contributed by atoms with van der Waals surface area (Å²) < 4.78 is 5.45. The molecule has 0 unspecified atom stereocenters. The zero-order valence-electron chi connectivity index (χ0n) is 15.6. The van der Waals surface area contributed by atoms with E-state index in [0.717, 1.165) is 16.7 Å². The standard InChI is InChI=1S/C20H22N2O6/c1-13-5-3-4-6-15(13)16(25)8-7-14(11-23)10-22(20(27)21-2)19-9-17(26)18(12-24)28-19/h3-6,10-11,17-19,24,26H,9,12H2,1-2H3,(H,21,27)/b14-10-/t17-,18+,19+/m0/s1. The Morgan fingerprint density at radius 3 is 2.64 bits per heavy atom. The number of hydrogen-bond donors (Lipinski definition) is 3. The summed E-state index contributed by atoms with van der Waals surface area (Å²) >= 11 is 0. The number of benzene rings is 1. The molecule has 1 aromatic carbocycles. The second-order valence-electron chi connectivity index (χ2n) is 6.17. The van der Waals surface area contributed by atoms with Crippen LogP contribution in [0.25, 0.3) is 0 Å². The highest BCUT2D eigenvalue weighted by Gasteiger charge is 2.38. The Bertz CT molecular complexity index is 839. The van der Waals surface area contributed by atoms with Crippen molar-refractivity contribution >= 4 is 18.1 Å². The summed E-state index contributed by atoms with van der Waals surface area (Å²) in [6, 6.07) is 6.33. The van der Waals surface area contributed by atoms with Gasteiger partial charge in [-0.2, -0.15) is 0 Å². The fourth-order valence-electron chi connectivity index (χ4n) is 2.72. The van der Waals surface area contributed by atoms with Gasteiger partial charge in [0.1, 0.15) is 12.3 Å².